The van der Waals surface area contributed by atoms with Gasteiger partial charge in [0.2, 0.25) is 13.1 Å². The quantitative estimate of drug-likeness (QED) is 0.342. The average Bonchev–Trinajstić information content (AvgIpc) is 2.61. The summed E-state index contributed by atoms with van der Waals surface area (Å²) >= 11 is 0. The molecule has 0 aromatic rings. The second-order valence-electron chi connectivity index (χ2n) is 5.68. The standard InChI is InChI=1S/C18H28N6/c1-21-11-17-24(18-12-22-2)14-6-4-3-5-13-23(15-7-9-19)16-8-10-20/h3-8,11-18H2. The number of hydrogen-bond acceptors (Lipinski definition) is 4. The molecular formula is C18H28N6. The van der Waals surface area contributed by atoms with Crippen molar-refractivity contribution in [1.29, 1.82) is 10.5 Å². The second kappa shape index (κ2) is 17.2. The van der Waals surface area contributed by atoms with Crippen LogP contribution in [-0.2, 0) is 0 Å². The third-order valence-corrected chi connectivity index (χ3v) is 3.83. The molecule has 0 spiro atoms. The molecular weight excluding hydrogens is 300 g/mol. The predicted octanol–water partition coefficient (Wildman–Crippen LogP) is 2.82. The summed E-state index contributed by atoms with van der Waals surface area (Å²) in [5, 5.41) is 17.3. The molecule has 0 saturated carbocycles. The zero-order chi connectivity index (χ0) is 17.9. The van der Waals surface area contributed by atoms with Crippen LogP contribution >= 0.6 is 0 Å². The first-order chi connectivity index (χ1) is 11.8. The maximum Gasteiger partial charge on any atom is 0.227 e. The SMILES string of the molecule is [C-]#[N+]CCN(CCCCCCN(CCC#N)CCC#N)CC[N+]#[C-]. The van der Waals surface area contributed by atoms with Crippen molar-refractivity contribution in [3.8, 4) is 12.1 Å². The highest BCUT2D eigenvalue weighted by atomic mass is 15.1. The Bertz CT molecular complexity index is 382. The normalized spacial score (nSPS) is 10.1. The van der Waals surface area contributed by atoms with E-state index in [0.29, 0.717) is 25.9 Å². The fraction of sp³-hybridized carbons (Fsp3) is 0.778. The van der Waals surface area contributed by atoms with Gasteiger partial charge in [-0.15, -0.1) is 0 Å². The van der Waals surface area contributed by atoms with Crippen molar-refractivity contribution in [2.24, 2.45) is 0 Å². The van der Waals surface area contributed by atoms with Gasteiger partial charge in [0.15, 0.2) is 0 Å². The van der Waals surface area contributed by atoms with Crippen LogP contribution in [0.2, 0.25) is 0 Å². The molecule has 0 heterocycles. The van der Waals surface area contributed by atoms with Gasteiger partial charge in [0.05, 0.1) is 25.2 Å². The highest BCUT2D eigenvalue weighted by Gasteiger charge is 2.07. The Kier molecular flexibility index (Phi) is 15.7. The van der Waals surface area contributed by atoms with Crippen LogP contribution in [0.4, 0.5) is 0 Å². The lowest BCUT2D eigenvalue weighted by molar-refractivity contribution is 0.271. The third kappa shape index (κ3) is 13.5. The van der Waals surface area contributed by atoms with Gasteiger partial charge in [-0.25, -0.2) is 13.1 Å². The molecule has 0 radical (unpaired) electrons. The molecule has 130 valence electrons. The first-order valence-electron chi connectivity index (χ1n) is 8.63. The maximum absolute atomic E-state index is 8.67. The largest absolute Gasteiger partial charge is 0.316 e. The topological polar surface area (TPSA) is 62.8 Å². The van der Waals surface area contributed by atoms with Gasteiger partial charge < -0.3 is 14.6 Å². The molecule has 0 unspecified atom stereocenters. The second-order valence-corrected chi connectivity index (χ2v) is 5.68. The van der Waals surface area contributed by atoms with E-state index in [-0.39, 0.29) is 0 Å². The summed E-state index contributed by atoms with van der Waals surface area (Å²) in [4.78, 5) is 11.2. The fourth-order valence-corrected chi connectivity index (χ4v) is 2.49. The molecule has 6 nitrogen and oxygen atoms in total. The predicted molar refractivity (Wildman–Crippen MR) is 94.7 cm³/mol. The maximum atomic E-state index is 8.67. The van der Waals surface area contributed by atoms with E-state index in [2.05, 4.69) is 31.6 Å². The molecule has 0 aliphatic carbocycles. The average molecular weight is 328 g/mol. The van der Waals surface area contributed by atoms with E-state index in [1.54, 1.807) is 0 Å². The van der Waals surface area contributed by atoms with Crippen LogP contribution in [-0.4, -0.2) is 62.2 Å². The van der Waals surface area contributed by atoms with Crippen molar-refractivity contribution in [2.45, 2.75) is 38.5 Å². The smallest absolute Gasteiger partial charge is 0.227 e. The summed E-state index contributed by atoms with van der Waals surface area (Å²) in [5.41, 5.74) is 0. The first kappa shape index (κ1) is 21.9. The summed E-state index contributed by atoms with van der Waals surface area (Å²) in [7, 11) is 0. The van der Waals surface area contributed by atoms with Gasteiger partial charge in [-0.2, -0.15) is 10.5 Å². The molecule has 0 amide bonds. The molecule has 0 rings (SSSR count). The van der Waals surface area contributed by atoms with E-state index in [1.165, 1.54) is 0 Å². The van der Waals surface area contributed by atoms with Gasteiger partial charge in [-0.3, -0.25) is 4.90 Å². The lowest BCUT2D eigenvalue weighted by atomic mass is 10.1. The van der Waals surface area contributed by atoms with E-state index in [0.717, 1.165) is 65.0 Å². The van der Waals surface area contributed by atoms with Crippen LogP contribution in [0, 0.1) is 35.8 Å². The zero-order valence-electron chi connectivity index (χ0n) is 14.6. The lowest BCUT2D eigenvalue weighted by Gasteiger charge is -2.20. The minimum atomic E-state index is 0.505. The summed E-state index contributed by atoms with van der Waals surface area (Å²) in [6.07, 6.45) is 5.48. The van der Waals surface area contributed by atoms with E-state index in [4.69, 9.17) is 23.7 Å². The zero-order valence-corrected chi connectivity index (χ0v) is 14.6. The van der Waals surface area contributed by atoms with Crippen molar-refractivity contribution in [3.63, 3.8) is 0 Å². The van der Waals surface area contributed by atoms with Gasteiger partial charge in [0.25, 0.3) is 0 Å². The van der Waals surface area contributed by atoms with Crippen LogP contribution in [0.25, 0.3) is 9.69 Å². The van der Waals surface area contributed by atoms with Crippen molar-refractivity contribution in [1.82, 2.24) is 9.80 Å². The van der Waals surface area contributed by atoms with E-state index in [1.807, 2.05) is 0 Å². The molecule has 0 aromatic carbocycles. The Morgan fingerprint density at radius 1 is 0.625 bits per heavy atom. The van der Waals surface area contributed by atoms with E-state index in [9.17, 15) is 0 Å². The Labute approximate surface area is 146 Å². The minimum absolute atomic E-state index is 0.505. The molecule has 0 bridgehead atoms. The van der Waals surface area contributed by atoms with Gasteiger partial charge in [-0.05, 0) is 25.9 Å². The molecule has 0 aliphatic rings. The number of hydrogen-bond donors (Lipinski definition) is 0. The van der Waals surface area contributed by atoms with Crippen LogP contribution in [0.5, 0.6) is 0 Å². The molecule has 0 atom stereocenters. The highest BCUT2D eigenvalue weighted by molar-refractivity contribution is 4.76. The molecule has 6 heteroatoms. The summed E-state index contributed by atoms with van der Waals surface area (Å²) in [6.45, 7) is 19.7. The molecule has 0 fully saturated rings. The van der Waals surface area contributed by atoms with Crippen molar-refractivity contribution >= 4 is 0 Å². The summed E-state index contributed by atoms with van der Waals surface area (Å²) < 4.78 is 0. The number of nitriles is 2. The molecule has 0 aromatic heterocycles. The number of unbranched alkanes of at least 4 members (excludes halogenated alkanes) is 3. The highest BCUT2D eigenvalue weighted by Crippen LogP contribution is 2.05. The first-order valence-corrected chi connectivity index (χ1v) is 8.63. The van der Waals surface area contributed by atoms with E-state index < -0.39 is 0 Å². The van der Waals surface area contributed by atoms with Crippen molar-refractivity contribution < 1.29 is 0 Å². The van der Waals surface area contributed by atoms with E-state index >= 15 is 0 Å². The Hall–Kier alpha value is -2.12. The van der Waals surface area contributed by atoms with Crippen LogP contribution in [0.15, 0.2) is 0 Å². The minimum Gasteiger partial charge on any atom is -0.316 e. The van der Waals surface area contributed by atoms with Crippen molar-refractivity contribution in [3.05, 3.63) is 22.8 Å². The molecule has 0 N–H and O–H groups in total. The van der Waals surface area contributed by atoms with Gasteiger partial charge >= 0.3 is 0 Å². The fourth-order valence-electron chi connectivity index (χ4n) is 2.49. The van der Waals surface area contributed by atoms with Crippen LogP contribution in [0.1, 0.15) is 38.5 Å². The number of rotatable bonds is 15. The van der Waals surface area contributed by atoms with Gasteiger partial charge in [0.1, 0.15) is 0 Å². The monoisotopic (exact) mass is 328 g/mol. The number of nitrogens with zero attached hydrogens (tertiary/aromatic N) is 6. The molecule has 0 saturated heterocycles. The van der Waals surface area contributed by atoms with Crippen LogP contribution < -0.4 is 0 Å². The summed E-state index contributed by atoms with van der Waals surface area (Å²) in [5.74, 6) is 0. The Balaban J connectivity index is 3.84. The Morgan fingerprint density at radius 3 is 1.42 bits per heavy atom. The summed E-state index contributed by atoms with van der Waals surface area (Å²) in [6, 6.07) is 4.32. The molecule has 24 heavy (non-hydrogen) atoms. The Morgan fingerprint density at radius 2 is 1.04 bits per heavy atom. The molecule has 0 aliphatic heterocycles. The van der Waals surface area contributed by atoms with Gasteiger partial charge in [-0.1, -0.05) is 12.8 Å². The lowest BCUT2D eigenvalue weighted by Crippen LogP contribution is -2.29. The van der Waals surface area contributed by atoms with Crippen molar-refractivity contribution in [2.75, 3.05) is 52.4 Å². The van der Waals surface area contributed by atoms with Crippen LogP contribution in [0.3, 0.4) is 0 Å². The van der Waals surface area contributed by atoms with Gasteiger partial charge in [0, 0.05) is 25.9 Å². The third-order valence-electron chi connectivity index (χ3n) is 3.83.